The van der Waals surface area contributed by atoms with Crippen LogP contribution in [0.5, 0.6) is 0 Å². The fourth-order valence-corrected chi connectivity index (χ4v) is 4.58. The van der Waals surface area contributed by atoms with Crippen molar-refractivity contribution in [2.24, 2.45) is 5.92 Å². The first-order valence-electron chi connectivity index (χ1n) is 11.3. The maximum atomic E-state index is 13.0. The first-order chi connectivity index (χ1) is 17.0. The monoisotopic (exact) mass is 534 g/mol. The molecule has 7 heteroatoms. The molecule has 0 aliphatic carbocycles. The molecule has 3 atom stereocenters. The highest BCUT2D eigenvalue weighted by atomic mass is 79.9. The number of hydrogen-bond acceptors (Lipinski definition) is 5. The van der Waals surface area contributed by atoms with Crippen molar-refractivity contribution >= 4 is 33.7 Å². The van der Waals surface area contributed by atoms with E-state index in [-0.39, 0.29) is 18.4 Å². The third-order valence-corrected chi connectivity index (χ3v) is 6.63. The van der Waals surface area contributed by atoms with Crippen molar-refractivity contribution in [3.8, 4) is 0 Å². The van der Waals surface area contributed by atoms with E-state index in [0.717, 1.165) is 21.3 Å². The average Bonchev–Trinajstić information content (AvgIpc) is 2.89. The van der Waals surface area contributed by atoms with Crippen LogP contribution in [-0.4, -0.2) is 25.3 Å². The van der Waals surface area contributed by atoms with Gasteiger partial charge < -0.3 is 19.7 Å². The summed E-state index contributed by atoms with van der Waals surface area (Å²) in [4.78, 5) is 27.7. The number of amides is 1. The summed E-state index contributed by atoms with van der Waals surface area (Å²) in [6, 6.07) is 27.0. The predicted octanol–water partition coefficient (Wildman–Crippen LogP) is 6.00. The number of rotatable bonds is 6. The number of anilines is 1. The molecule has 3 aromatic rings. The standard InChI is InChI=1S/C28H27BrN2O4/c1-19-24(21-11-7-4-8-12-21)17-25(27(32)34-2)31(23-15-13-22(29)14-16-23)26(19)30-28(33)35-18-20-9-5-3-6-10-20/h3-17,19,24,26H,18H2,1-2H3,(H,30,33)/t19-,24+,26-/m1/s1. The third-order valence-electron chi connectivity index (χ3n) is 6.10. The van der Waals surface area contributed by atoms with Crippen molar-refractivity contribution < 1.29 is 19.1 Å². The van der Waals surface area contributed by atoms with E-state index in [1.807, 2.05) is 95.9 Å². The van der Waals surface area contributed by atoms with Gasteiger partial charge in [-0.05, 0) is 41.5 Å². The number of allylic oxidation sites excluding steroid dienone is 1. The Morgan fingerprint density at radius 1 is 0.943 bits per heavy atom. The minimum absolute atomic E-state index is 0.0984. The van der Waals surface area contributed by atoms with Crippen LogP contribution in [0.15, 0.2) is 101 Å². The number of halogens is 1. The van der Waals surface area contributed by atoms with Crippen molar-refractivity contribution in [3.05, 3.63) is 112 Å². The van der Waals surface area contributed by atoms with Crippen molar-refractivity contribution in [3.63, 3.8) is 0 Å². The van der Waals surface area contributed by atoms with Crippen molar-refractivity contribution in [2.75, 3.05) is 12.0 Å². The van der Waals surface area contributed by atoms with Gasteiger partial charge in [-0.3, -0.25) is 0 Å². The first-order valence-corrected chi connectivity index (χ1v) is 12.1. The maximum absolute atomic E-state index is 13.0. The molecule has 1 aliphatic heterocycles. The number of benzene rings is 3. The van der Waals surface area contributed by atoms with Crippen LogP contribution in [0, 0.1) is 5.92 Å². The van der Waals surface area contributed by atoms with Crippen LogP contribution < -0.4 is 10.2 Å². The third kappa shape index (κ3) is 5.74. The van der Waals surface area contributed by atoms with Crippen molar-refractivity contribution in [1.82, 2.24) is 5.32 Å². The molecule has 3 aromatic carbocycles. The first kappa shape index (κ1) is 24.5. The highest BCUT2D eigenvalue weighted by Crippen LogP contribution is 2.39. The molecule has 0 radical (unpaired) electrons. The van der Waals surface area contributed by atoms with E-state index in [9.17, 15) is 9.59 Å². The van der Waals surface area contributed by atoms with Gasteiger partial charge in [-0.25, -0.2) is 9.59 Å². The maximum Gasteiger partial charge on any atom is 0.409 e. The number of methoxy groups -OCH3 is 1. The fourth-order valence-electron chi connectivity index (χ4n) is 4.31. The molecule has 0 saturated heterocycles. The van der Waals surface area contributed by atoms with Gasteiger partial charge in [-0.2, -0.15) is 0 Å². The highest BCUT2D eigenvalue weighted by molar-refractivity contribution is 9.10. The summed E-state index contributed by atoms with van der Waals surface area (Å²) in [6.45, 7) is 2.20. The zero-order chi connectivity index (χ0) is 24.8. The predicted molar refractivity (Wildman–Crippen MR) is 139 cm³/mol. The molecular weight excluding hydrogens is 508 g/mol. The Morgan fingerprint density at radius 2 is 1.57 bits per heavy atom. The summed E-state index contributed by atoms with van der Waals surface area (Å²) in [5.74, 6) is -0.708. The summed E-state index contributed by atoms with van der Waals surface area (Å²) < 4.78 is 11.6. The molecule has 0 spiro atoms. The van der Waals surface area contributed by atoms with Gasteiger partial charge in [0, 0.05) is 22.0 Å². The quantitative estimate of drug-likeness (QED) is 0.393. The summed E-state index contributed by atoms with van der Waals surface area (Å²) in [7, 11) is 1.36. The van der Waals surface area contributed by atoms with Gasteiger partial charge in [0.2, 0.25) is 0 Å². The number of carbonyl (C=O) groups excluding carboxylic acids is 2. The Kier molecular flexibility index (Phi) is 7.87. The number of esters is 1. The number of carbonyl (C=O) groups is 2. The molecule has 35 heavy (non-hydrogen) atoms. The van der Waals surface area contributed by atoms with Crippen LogP contribution >= 0.6 is 15.9 Å². The summed E-state index contributed by atoms with van der Waals surface area (Å²) >= 11 is 3.46. The number of hydrogen-bond donors (Lipinski definition) is 1. The minimum atomic E-state index is -0.566. The molecule has 0 saturated carbocycles. The summed E-state index contributed by atoms with van der Waals surface area (Å²) in [5, 5.41) is 3.02. The van der Waals surface area contributed by atoms with E-state index in [1.165, 1.54) is 7.11 Å². The van der Waals surface area contributed by atoms with Crippen molar-refractivity contribution in [2.45, 2.75) is 25.6 Å². The van der Waals surface area contributed by atoms with Crippen LogP contribution in [0.3, 0.4) is 0 Å². The van der Waals surface area contributed by atoms with Crippen LogP contribution in [0.25, 0.3) is 0 Å². The molecular formula is C28H27BrN2O4. The van der Waals surface area contributed by atoms with Gasteiger partial charge in [-0.1, -0.05) is 83.5 Å². The molecule has 0 aromatic heterocycles. The molecule has 1 N–H and O–H groups in total. The van der Waals surface area contributed by atoms with E-state index in [4.69, 9.17) is 9.47 Å². The molecule has 0 bridgehead atoms. The molecule has 0 unspecified atom stereocenters. The van der Waals surface area contributed by atoms with E-state index in [0.29, 0.717) is 5.70 Å². The summed E-state index contributed by atoms with van der Waals surface area (Å²) in [6.07, 6.45) is 0.788. The van der Waals surface area contributed by atoms with Crippen molar-refractivity contribution in [1.29, 1.82) is 0 Å². The topological polar surface area (TPSA) is 67.9 Å². The Morgan fingerprint density at radius 3 is 2.20 bits per heavy atom. The Bertz CT molecular complexity index is 1180. The lowest BCUT2D eigenvalue weighted by atomic mass is 9.81. The zero-order valence-corrected chi connectivity index (χ0v) is 21.1. The second-order valence-electron chi connectivity index (χ2n) is 8.34. The van der Waals surface area contributed by atoms with Gasteiger partial charge >= 0.3 is 12.1 Å². The van der Waals surface area contributed by atoms with Gasteiger partial charge in [0.15, 0.2) is 0 Å². The van der Waals surface area contributed by atoms with E-state index >= 15 is 0 Å². The second-order valence-corrected chi connectivity index (χ2v) is 9.25. The minimum Gasteiger partial charge on any atom is -0.464 e. The number of nitrogens with zero attached hydrogens (tertiary/aromatic N) is 1. The zero-order valence-electron chi connectivity index (χ0n) is 19.6. The Labute approximate surface area is 213 Å². The van der Waals surface area contributed by atoms with E-state index in [1.54, 1.807) is 0 Å². The highest BCUT2D eigenvalue weighted by Gasteiger charge is 2.40. The van der Waals surface area contributed by atoms with Crippen LogP contribution in [-0.2, 0) is 20.9 Å². The summed E-state index contributed by atoms with van der Waals surface area (Å²) in [5.41, 5.74) is 3.04. The lowest BCUT2D eigenvalue weighted by Crippen LogP contribution is -2.56. The Hall–Kier alpha value is -3.58. The van der Waals surface area contributed by atoms with Gasteiger partial charge in [-0.15, -0.1) is 0 Å². The molecule has 180 valence electrons. The lowest BCUT2D eigenvalue weighted by molar-refractivity contribution is -0.136. The number of ether oxygens (including phenoxy) is 2. The lowest BCUT2D eigenvalue weighted by Gasteiger charge is -2.44. The number of alkyl carbamates (subject to hydrolysis) is 1. The SMILES string of the molecule is COC(=O)C1=C[C@H](c2ccccc2)[C@@H](C)[C@H](NC(=O)OCc2ccccc2)N1c1ccc(Br)cc1. The second kappa shape index (κ2) is 11.2. The molecule has 1 amide bonds. The molecule has 4 rings (SSSR count). The van der Waals surface area contributed by atoms with Gasteiger partial charge in [0.05, 0.1) is 7.11 Å². The van der Waals surface area contributed by atoms with Crippen LogP contribution in [0.2, 0.25) is 0 Å². The number of nitrogens with one attached hydrogen (secondary N) is 1. The van der Waals surface area contributed by atoms with Crippen LogP contribution in [0.1, 0.15) is 24.0 Å². The average molecular weight is 535 g/mol. The van der Waals surface area contributed by atoms with E-state index < -0.39 is 18.2 Å². The van der Waals surface area contributed by atoms with Gasteiger partial charge in [0.25, 0.3) is 0 Å². The molecule has 1 aliphatic rings. The van der Waals surface area contributed by atoms with Gasteiger partial charge in [0.1, 0.15) is 18.5 Å². The Balaban J connectivity index is 1.70. The molecule has 0 fully saturated rings. The largest absolute Gasteiger partial charge is 0.464 e. The fraction of sp³-hybridized carbons (Fsp3) is 0.214. The smallest absolute Gasteiger partial charge is 0.409 e. The molecule has 1 heterocycles. The molecule has 6 nitrogen and oxygen atoms in total. The normalized spacial score (nSPS) is 19.5. The van der Waals surface area contributed by atoms with E-state index in [2.05, 4.69) is 28.2 Å². The van der Waals surface area contributed by atoms with Crippen LogP contribution in [0.4, 0.5) is 10.5 Å².